The molecule has 0 aromatic carbocycles. The average Bonchev–Trinajstić information content (AvgIpc) is 2.41. The lowest BCUT2D eigenvalue weighted by molar-refractivity contribution is -0.370. The SMILES string of the molecule is FC1C(F)C(F)C(C(F)(F)C(F)(F)C(F)(F)F)C1F. The number of halogens is 11. The Kier molecular flexibility index (Phi) is 3.74. The molecule has 0 bridgehead atoms. The molecule has 19 heavy (non-hydrogen) atoms. The Balaban J connectivity index is 3.21. The first-order chi connectivity index (χ1) is 8.26. The van der Waals surface area contributed by atoms with Crippen LogP contribution in [-0.4, -0.2) is 42.7 Å². The number of hydrogen-bond donors (Lipinski definition) is 0. The minimum atomic E-state index is -6.82. The first kappa shape index (κ1) is 16.3. The van der Waals surface area contributed by atoms with Crippen LogP contribution in [0.1, 0.15) is 0 Å². The van der Waals surface area contributed by atoms with Gasteiger partial charge in [-0.25, -0.2) is 17.6 Å². The van der Waals surface area contributed by atoms with E-state index in [-0.39, 0.29) is 0 Å². The third-order valence-electron chi connectivity index (χ3n) is 2.79. The summed E-state index contributed by atoms with van der Waals surface area (Å²) in [5, 5.41) is 0. The zero-order valence-corrected chi connectivity index (χ0v) is 8.54. The van der Waals surface area contributed by atoms with Crippen LogP contribution >= 0.6 is 0 Å². The Labute approximate surface area is 98.1 Å². The van der Waals surface area contributed by atoms with Gasteiger partial charge in [-0.2, -0.15) is 30.7 Å². The van der Waals surface area contributed by atoms with Crippen LogP contribution in [0.3, 0.4) is 0 Å². The molecule has 1 aliphatic rings. The van der Waals surface area contributed by atoms with Gasteiger partial charge in [-0.1, -0.05) is 0 Å². The van der Waals surface area contributed by atoms with Crippen molar-refractivity contribution in [1.82, 2.24) is 0 Å². The second kappa shape index (κ2) is 4.37. The molecular formula is C8H5F11. The maximum Gasteiger partial charge on any atom is 0.459 e. The fourth-order valence-electron chi connectivity index (χ4n) is 1.72. The smallest absolute Gasteiger partial charge is 0.243 e. The summed E-state index contributed by atoms with van der Waals surface area (Å²) in [6.45, 7) is 0. The Hall–Kier alpha value is -0.770. The molecule has 4 unspecified atom stereocenters. The highest BCUT2D eigenvalue weighted by atomic mass is 19.4. The summed E-state index contributed by atoms with van der Waals surface area (Å²) in [5.41, 5.74) is 0. The van der Waals surface area contributed by atoms with E-state index in [0.717, 1.165) is 0 Å². The van der Waals surface area contributed by atoms with Crippen molar-refractivity contribution in [2.24, 2.45) is 5.92 Å². The predicted octanol–water partition coefficient (Wildman–Crippen LogP) is 3.80. The standard InChI is InChI=1S/C8H5F11/c9-2-1(3(10)5(12)4(2)11)6(13,14)7(15,16)8(17,18)19/h1-5H. The molecular weight excluding hydrogens is 305 g/mol. The van der Waals surface area contributed by atoms with Crippen LogP contribution in [0.4, 0.5) is 48.3 Å². The van der Waals surface area contributed by atoms with Crippen molar-refractivity contribution in [3.8, 4) is 0 Å². The molecule has 0 heterocycles. The minimum absolute atomic E-state index is 3.53. The highest BCUT2D eigenvalue weighted by Gasteiger charge is 2.79. The molecule has 0 spiro atoms. The molecule has 1 fully saturated rings. The van der Waals surface area contributed by atoms with Crippen molar-refractivity contribution in [2.75, 3.05) is 0 Å². The van der Waals surface area contributed by atoms with Gasteiger partial charge in [-0.15, -0.1) is 0 Å². The topological polar surface area (TPSA) is 0 Å². The summed E-state index contributed by atoms with van der Waals surface area (Å²) in [6.07, 6.45) is -21.5. The molecule has 0 amide bonds. The van der Waals surface area contributed by atoms with Gasteiger partial charge in [0.1, 0.15) is 12.3 Å². The molecule has 0 aliphatic heterocycles. The maximum absolute atomic E-state index is 13.0. The first-order valence-electron chi connectivity index (χ1n) is 4.65. The van der Waals surface area contributed by atoms with E-state index in [0.29, 0.717) is 0 Å². The van der Waals surface area contributed by atoms with Crippen LogP contribution in [0.15, 0.2) is 0 Å². The molecule has 1 rings (SSSR count). The Morgan fingerprint density at radius 2 is 0.842 bits per heavy atom. The van der Waals surface area contributed by atoms with Gasteiger partial charge < -0.3 is 0 Å². The van der Waals surface area contributed by atoms with Gasteiger partial charge >= 0.3 is 18.0 Å². The number of alkyl halides is 11. The van der Waals surface area contributed by atoms with Gasteiger partial charge in [0, 0.05) is 0 Å². The summed E-state index contributed by atoms with van der Waals surface area (Å²) in [6, 6.07) is 0. The number of hydrogen-bond acceptors (Lipinski definition) is 0. The first-order valence-corrected chi connectivity index (χ1v) is 4.65. The van der Waals surface area contributed by atoms with Crippen molar-refractivity contribution < 1.29 is 48.3 Å². The summed E-state index contributed by atoms with van der Waals surface area (Å²) >= 11 is 0. The van der Waals surface area contributed by atoms with Gasteiger partial charge in [0.05, 0.1) is 5.92 Å². The van der Waals surface area contributed by atoms with Crippen molar-refractivity contribution in [3.63, 3.8) is 0 Å². The zero-order valence-electron chi connectivity index (χ0n) is 8.54. The quantitative estimate of drug-likeness (QED) is 0.681. The largest absolute Gasteiger partial charge is 0.459 e. The predicted molar refractivity (Wildman–Crippen MR) is 39.0 cm³/mol. The lowest BCUT2D eigenvalue weighted by Gasteiger charge is -2.33. The monoisotopic (exact) mass is 310 g/mol. The second-order valence-corrected chi connectivity index (χ2v) is 4.00. The third-order valence-corrected chi connectivity index (χ3v) is 2.79. The normalized spacial score (nSPS) is 37.7. The Bertz CT molecular complexity index is 320. The zero-order chi connectivity index (χ0) is 15.4. The fraction of sp³-hybridized carbons (Fsp3) is 1.00. The van der Waals surface area contributed by atoms with Crippen LogP contribution in [0.25, 0.3) is 0 Å². The highest BCUT2D eigenvalue weighted by molar-refractivity contribution is 5.09. The van der Waals surface area contributed by atoms with Crippen LogP contribution in [0.5, 0.6) is 0 Å². The second-order valence-electron chi connectivity index (χ2n) is 4.00. The Morgan fingerprint density at radius 1 is 0.526 bits per heavy atom. The highest BCUT2D eigenvalue weighted by Crippen LogP contribution is 2.55. The molecule has 0 radical (unpaired) electrons. The fourth-order valence-corrected chi connectivity index (χ4v) is 1.72. The maximum atomic E-state index is 13.0. The molecule has 11 heteroatoms. The van der Waals surface area contributed by atoms with E-state index in [4.69, 9.17) is 0 Å². The van der Waals surface area contributed by atoms with Crippen molar-refractivity contribution in [2.45, 2.75) is 42.7 Å². The van der Waals surface area contributed by atoms with E-state index in [1.165, 1.54) is 0 Å². The van der Waals surface area contributed by atoms with E-state index in [9.17, 15) is 48.3 Å². The van der Waals surface area contributed by atoms with Crippen LogP contribution < -0.4 is 0 Å². The van der Waals surface area contributed by atoms with Crippen LogP contribution in [0.2, 0.25) is 0 Å². The summed E-state index contributed by atoms with van der Waals surface area (Å²) in [5.74, 6) is -17.2. The van der Waals surface area contributed by atoms with Gasteiger partial charge in [-0.05, 0) is 0 Å². The van der Waals surface area contributed by atoms with E-state index >= 15 is 0 Å². The van der Waals surface area contributed by atoms with E-state index in [1.807, 2.05) is 0 Å². The molecule has 0 N–H and O–H groups in total. The molecule has 0 saturated heterocycles. The number of rotatable bonds is 2. The van der Waals surface area contributed by atoms with Crippen LogP contribution in [0, 0.1) is 5.92 Å². The van der Waals surface area contributed by atoms with Gasteiger partial charge in [-0.3, -0.25) is 0 Å². The molecule has 114 valence electrons. The van der Waals surface area contributed by atoms with E-state index in [1.54, 1.807) is 0 Å². The molecule has 0 aromatic rings. The van der Waals surface area contributed by atoms with Crippen LogP contribution in [-0.2, 0) is 0 Å². The molecule has 0 nitrogen and oxygen atoms in total. The molecule has 4 atom stereocenters. The van der Waals surface area contributed by atoms with Gasteiger partial charge in [0.2, 0.25) is 0 Å². The van der Waals surface area contributed by atoms with Crippen molar-refractivity contribution in [3.05, 3.63) is 0 Å². The summed E-state index contributed by atoms with van der Waals surface area (Å²) in [4.78, 5) is 0. The minimum Gasteiger partial charge on any atom is -0.243 e. The molecule has 1 saturated carbocycles. The average molecular weight is 310 g/mol. The summed E-state index contributed by atoms with van der Waals surface area (Å²) < 4.78 is 137. The molecule has 0 aromatic heterocycles. The third kappa shape index (κ3) is 2.14. The molecule has 1 aliphatic carbocycles. The van der Waals surface area contributed by atoms with Gasteiger partial charge in [0.15, 0.2) is 12.3 Å². The lowest BCUT2D eigenvalue weighted by Crippen LogP contribution is -2.58. The van der Waals surface area contributed by atoms with Gasteiger partial charge in [0.25, 0.3) is 0 Å². The Morgan fingerprint density at radius 3 is 1.11 bits per heavy atom. The van der Waals surface area contributed by atoms with E-state index < -0.39 is 48.6 Å². The lowest BCUT2D eigenvalue weighted by atomic mass is 9.91. The van der Waals surface area contributed by atoms with Crippen molar-refractivity contribution >= 4 is 0 Å². The van der Waals surface area contributed by atoms with Crippen molar-refractivity contribution in [1.29, 1.82) is 0 Å². The summed E-state index contributed by atoms with van der Waals surface area (Å²) in [7, 11) is 0. The van der Waals surface area contributed by atoms with E-state index in [2.05, 4.69) is 0 Å².